The van der Waals surface area contributed by atoms with Gasteiger partial charge < -0.3 is 20.6 Å². The molecule has 0 bridgehead atoms. The lowest BCUT2D eigenvalue weighted by atomic mass is 10.00. The second-order valence-electron chi connectivity index (χ2n) is 6.83. The van der Waals surface area contributed by atoms with E-state index in [0.717, 1.165) is 37.2 Å². The summed E-state index contributed by atoms with van der Waals surface area (Å²) >= 11 is 1.59. The van der Waals surface area contributed by atoms with Crippen molar-refractivity contribution >= 4 is 17.3 Å². The van der Waals surface area contributed by atoms with Crippen molar-refractivity contribution in [2.45, 2.75) is 51.2 Å². The van der Waals surface area contributed by atoms with Crippen LogP contribution < -0.4 is 10.6 Å². The summed E-state index contributed by atoms with van der Waals surface area (Å²) in [7, 11) is 2.21. The van der Waals surface area contributed by atoms with Crippen molar-refractivity contribution in [3.8, 4) is 0 Å². The van der Waals surface area contributed by atoms with E-state index in [2.05, 4.69) is 34.5 Å². The highest BCUT2D eigenvalue weighted by Gasteiger charge is 2.23. The summed E-state index contributed by atoms with van der Waals surface area (Å²) in [5, 5.41) is 21.2. The van der Waals surface area contributed by atoms with E-state index in [9.17, 15) is 5.11 Å². The standard InChI is InChI=1S/C18H32N4OS/c1-4-19-17(20-10-11-22(3)16-7-5-6-8-16)21-14-18(2,23)15-9-12-24-13-15/h9,12-13,16,23H,4-8,10-11,14H2,1-3H3,(H2,19,20,21). The lowest BCUT2D eigenvalue weighted by Gasteiger charge is -2.25. The molecule has 0 aliphatic heterocycles. The van der Waals surface area contributed by atoms with E-state index in [1.54, 1.807) is 11.3 Å². The number of thiophene rings is 1. The molecule has 1 saturated carbocycles. The van der Waals surface area contributed by atoms with Gasteiger partial charge in [0.1, 0.15) is 5.60 Å². The van der Waals surface area contributed by atoms with Gasteiger partial charge in [-0.15, -0.1) is 0 Å². The maximum absolute atomic E-state index is 10.6. The minimum absolute atomic E-state index is 0.345. The van der Waals surface area contributed by atoms with Gasteiger partial charge >= 0.3 is 0 Å². The predicted molar refractivity (Wildman–Crippen MR) is 103 cm³/mol. The van der Waals surface area contributed by atoms with E-state index in [4.69, 9.17) is 0 Å². The van der Waals surface area contributed by atoms with Crippen molar-refractivity contribution in [2.75, 3.05) is 33.2 Å². The van der Waals surface area contributed by atoms with Crippen molar-refractivity contribution in [3.63, 3.8) is 0 Å². The Morgan fingerprint density at radius 1 is 1.42 bits per heavy atom. The van der Waals surface area contributed by atoms with Gasteiger partial charge in [-0.25, -0.2) is 4.99 Å². The van der Waals surface area contributed by atoms with Crippen LogP contribution in [0.15, 0.2) is 21.8 Å². The number of aliphatic imine (C=N–C) groups is 1. The zero-order valence-electron chi connectivity index (χ0n) is 15.2. The molecular weight excluding hydrogens is 320 g/mol. The molecular formula is C18H32N4OS. The highest BCUT2D eigenvalue weighted by Crippen LogP contribution is 2.23. The van der Waals surface area contributed by atoms with E-state index in [1.807, 2.05) is 23.8 Å². The summed E-state index contributed by atoms with van der Waals surface area (Å²) < 4.78 is 0. The molecule has 1 aliphatic carbocycles. The van der Waals surface area contributed by atoms with Crippen molar-refractivity contribution < 1.29 is 5.11 Å². The number of hydrogen-bond acceptors (Lipinski definition) is 4. The van der Waals surface area contributed by atoms with Gasteiger partial charge in [-0.3, -0.25) is 0 Å². The zero-order valence-corrected chi connectivity index (χ0v) is 16.0. The third-order valence-corrected chi connectivity index (χ3v) is 5.42. The monoisotopic (exact) mass is 352 g/mol. The quantitative estimate of drug-likeness (QED) is 0.497. The normalized spacial score (nSPS) is 18.8. The van der Waals surface area contributed by atoms with Crippen LogP contribution in [0.25, 0.3) is 0 Å². The first-order valence-electron chi connectivity index (χ1n) is 9.00. The number of hydrogen-bond donors (Lipinski definition) is 3. The molecule has 0 amide bonds. The summed E-state index contributed by atoms with van der Waals surface area (Å²) in [6.45, 7) is 6.90. The smallest absolute Gasteiger partial charge is 0.191 e. The largest absolute Gasteiger partial charge is 0.383 e. The van der Waals surface area contributed by atoms with Crippen molar-refractivity contribution in [3.05, 3.63) is 22.4 Å². The Morgan fingerprint density at radius 3 is 2.79 bits per heavy atom. The molecule has 1 aromatic rings. The average molecular weight is 353 g/mol. The first-order chi connectivity index (χ1) is 11.5. The van der Waals surface area contributed by atoms with Gasteiger partial charge in [-0.05, 0) is 56.1 Å². The SMILES string of the molecule is CCNC(=NCC(C)(O)c1ccsc1)NCCN(C)C1CCCC1. The molecule has 0 radical (unpaired) electrons. The van der Waals surface area contributed by atoms with Crippen LogP contribution in [0.2, 0.25) is 0 Å². The molecule has 5 nitrogen and oxygen atoms in total. The Hall–Kier alpha value is -1.11. The van der Waals surface area contributed by atoms with Crippen LogP contribution in [0, 0.1) is 0 Å². The molecule has 1 aliphatic rings. The minimum atomic E-state index is -0.928. The molecule has 0 aromatic carbocycles. The van der Waals surface area contributed by atoms with E-state index < -0.39 is 5.60 Å². The number of nitrogens with zero attached hydrogens (tertiary/aromatic N) is 2. The highest BCUT2D eigenvalue weighted by molar-refractivity contribution is 7.08. The van der Waals surface area contributed by atoms with E-state index in [0.29, 0.717) is 6.54 Å². The molecule has 1 atom stereocenters. The number of rotatable bonds is 8. The number of guanidine groups is 1. The fraction of sp³-hybridized carbons (Fsp3) is 0.722. The molecule has 1 aromatic heterocycles. The summed E-state index contributed by atoms with van der Waals surface area (Å²) in [6.07, 6.45) is 5.39. The molecule has 0 saturated heterocycles. The third kappa shape index (κ3) is 5.76. The Morgan fingerprint density at radius 2 is 2.17 bits per heavy atom. The zero-order chi connectivity index (χ0) is 17.4. The van der Waals surface area contributed by atoms with Crippen molar-refractivity contribution in [1.82, 2.24) is 15.5 Å². The summed E-state index contributed by atoms with van der Waals surface area (Å²) in [6, 6.07) is 2.70. The first-order valence-corrected chi connectivity index (χ1v) is 9.94. The van der Waals surface area contributed by atoms with Gasteiger partial charge in [0.15, 0.2) is 5.96 Å². The molecule has 1 unspecified atom stereocenters. The molecule has 6 heteroatoms. The molecule has 3 N–H and O–H groups in total. The minimum Gasteiger partial charge on any atom is -0.383 e. The molecule has 0 spiro atoms. The van der Waals surface area contributed by atoms with Gasteiger partial charge in [0.25, 0.3) is 0 Å². The van der Waals surface area contributed by atoms with Crippen LogP contribution in [0.5, 0.6) is 0 Å². The Kier molecular flexibility index (Phi) is 7.52. The average Bonchev–Trinajstić information content (AvgIpc) is 3.25. The van der Waals surface area contributed by atoms with Gasteiger partial charge in [-0.1, -0.05) is 12.8 Å². The second kappa shape index (κ2) is 9.39. The van der Waals surface area contributed by atoms with Crippen LogP contribution in [-0.2, 0) is 5.60 Å². The molecule has 1 fully saturated rings. The molecule has 24 heavy (non-hydrogen) atoms. The van der Waals surface area contributed by atoms with Gasteiger partial charge in [-0.2, -0.15) is 11.3 Å². The fourth-order valence-electron chi connectivity index (χ4n) is 3.12. The van der Waals surface area contributed by atoms with Gasteiger partial charge in [0.2, 0.25) is 0 Å². The maximum atomic E-state index is 10.6. The second-order valence-corrected chi connectivity index (χ2v) is 7.61. The van der Waals surface area contributed by atoms with Crippen LogP contribution in [0.1, 0.15) is 45.1 Å². The fourth-order valence-corrected chi connectivity index (χ4v) is 3.90. The van der Waals surface area contributed by atoms with Crippen LogP contribution in [0.3, 0.4) is 0 Å². The Balaban J connectivity index is 1.81. The molecule has 2 rings (SSSR count). The van der Waals surface area contributed by atoms with Gasteiger partial charge in [0, 0.05) is 25.7 Å². The van der Waals surface area contributed by atoms with E-state index in [1.165, 1.54) is 25.7 Å². The lowest BCUT2D eigenvalue weighted by molar-refractivity contribution is 0.0677. The van der Waals surface area contributed by atoms with Crippen molar-refractivity contribution in [1.29, 1.82) is 0 Å². The molecule has 136 valence electrons. The summed E-state index contributed by atoms with van der Waals surface area (Å²) in [4.78, 5) is 7.02. The van der Waals surface area contributed by atoms with Crippen LogP contribution >= 0.6 is 11.3 Å². The maximum Gasteiger partial charge on any atom is 0.191 e. The summed E-state index contributed by atoms with van der Waals surface area (Å²) in [5.74, 6) is 0.771. The molecule has 1 heterocycles. The summed E-state index contributed by atoms with van der Waals surface area (Å²) in [5.41, 5.74) is -0.00345. The lowest BCUT2D eigenvalue weighted by Crippen LogP contribution is -2.43. The van der Waals surface area contributed by atoms with Crippen LogP contribution in [0.4, 0.5) is 0 Å². The van der Waals surface area contributed by atoms with Gasteiger partial charge in [0.05, 0.1) is 6.54 Å². The predicted octanol–water partition coefficient (Wildman–Crippen LogP) is 2.39. The first kappa shape index (κ1) is 19.2. The van der Waals surface area contributed by atoms with Crippen molar-refractivity contribution in [2.24, 2.45) is 4.99 Å². The Bertz CT molecular complexity index is 495. The topological polar surface area (TPSA) is 59.9 Å². The number of likely N-dealkylation sites (N-methyl/N-ethyl adjacent to an activating group) is 1. The third-order valence-electron chi connectivity index (χ3n) is 4.74. The van der Waals surface area contributed by atoms with E-state index in [-0.39, 0.29) is 0 Å². The highest BCUT2D eigenvalue weighted by atomic mass is 32.1. The van der Waals surface area contributed by atoms with E-state index >= 15 is 0 Å². The Labute approximate surface area is 150 Å². The van der Waals surface area contributed by atoms with Crippen LogP contribution in [-0.4, -0.2) is 55.2 Å². The number of nitrogens with one attached hydrogen (secondary N) is 2. The number of aliphatic hydroxyl groups is 1.